The zero-order valence-electron chi connectivity index (χ0n) is 14.0. The normalized spacial score (nSPS) is 11.3. The van der Waals surface area contributed by atoms with Crippen LogP contribution in [0.1, 0.15) is 12.5 Å². The van der Waals surface area contributed by atoms with Crippen molar-refractivity contribution in [3.63, 3.8) is 0 Å². The lowest BCUT2D eigenvalue weighted by Crippen LogP contribution is -2.26. The number of rotatable bonds is 6. The number of nitrogens with one attached hydrogen (secondary N) is 2. The summed E-state index contributed by atoms with van der Waals surface area (Å²) in [6.07, 6.45) is 0. The van der Waals surface area contributed by atoms with Gasteiger partial charge in [-0.25, -0.2) is 9.18 Å². The predicted octanol–water partition coefficient (Wildman–Crippen LogP) is 3.00. The van der Waals surface area contributed by atoms with Crippen LogP contribution < -0.4 is 10.6 Å². The maximum absolute atomic E-state index is 12.9. The third kappa shape index (κ3) is 5.17. The number of halogens is 1. The Bertz CT molecular complexity index is 771. The molecule has 0 aromatic heterocycles. The molecule has 0 saturated carbocycles. The largest absolute Gasteiger partial charge is 0.457 e. The number of benzene rings is 2. The van der Waals surface area contributed by atoms with Crippen LogP contribution in [0.4, 0.5) is 10.1 Å². The number of carbonyl (C=O) groups excluding carboxylic acids is 2. The second-order valence-electron chi connectivity index (χ2n) is 5.27. The molecule has 0 radical (unpaired) electrons. The van der Waals surface area contributed by atoms with Gasteiger partial charge in [-0.3, -0.25) is 4.79 Å². The average Bonchev–Trinajstić information content (AvgIpc) is 2.62. The van der Waals surface area contributed by atoms with Crippen LogP contribution in [0.5, 0.6) is 0 Å². The van der Waals surface area contributed by atoms with Crippen LogP contribution in [0.2, 0.25) is 0 Å². The van der Waals surface area contributed by atoms with Crippen LogP contribution >= 0.6 is 0 Å². The highest BCUT2D eigenvalue weighted by Crippen LogP contribution is 2.13. The van der Waals surface area contributed by atoms with Gasteiger partial charge in [0.2, 0.25) is 0 Å². The molecule has 2 rings (SSSR count). The lowest BCUT2D eigenvalue weighted by atomic mass is 10.2. The maximum Gasteiger partial charge on any atom is 0.345 e. The van der Waals surface area contributed by atoms with Crippen molar-refractivity contribution in [2.45, 2.75) is 13.5 Å². The molecule has 0 saturated heterocycles. The number of esters is 1. The summed E-state index contributed by atoms with van der Waals surface area (Å²) in [5, 5.41) is 5.34. The van der Waals surface area contributed by atoms with Gasteiger partial charge in [-0.15, -0.1) is 0 Å². The van der Waals surface area contributed by atoms with E-state index in [0.29, 0.717) is 11.4 Å². The van der Waals surface area contributed by atoms with Crippen molar-refractivity contribution in [3.05, 3.63) is 77.2 Å². The molecule has 2 aromatic carbocycles. The van der Waals surface area contributed by atoms with Crippen LogP contribution in [0, 0.1) is 5.82 Å². The Labute approximate surface area is 145 Å². The second kappa shape index (κ2) is 8.63. The van der Waals surface area contributed by atoms with E-state index in [0.717, 1.165) is 5.56 Å². The lowest BCUT2D eigenvalue weighted by Gasteiger charge is -2.12. The van der Waals surface area contributed by atoms with E-state index in [9.17, 15) is 14.0 Å². The minimum Gasteiger partial charge on any atom is -0.457 e. The molecule has 0 aliphatic rings. The van der Waals surface area contributed by atoms with Crippen molar-refractivity contribution in [1.82, 2.24) is 5.32 Å². The van der Waals surface area contributed by atoms with Gasteiger partial charge in [-0.1, -0.05) is 30.3 Å². The van der Waals surface area contributed by atoms with Crippen LogP contribution in [-0.4, -0.2) is 18.9 Å². The predicted molar refractivity (Wildman–Crippen MR) is 93.0 cm³/mol. The Hall–Kier alpha value is -3.15. The summed E-state index contributed by atoms with van der Waals surface area (Å²) >= 11 is 0. The van der Waals surface area contributed by atoms with Gasteiger partial charge in [-0.2, -0.15) is 0 Å². The standard InChI is InChI=1S/C19H19FN2O3/c1-13(21-2)17(18(23)22-16-10-8-15(20)9-11-16)19(24)25-12-14-6-4-3-5-7-14/h3-11,21H,12H2,1-2H3,(H,22,23)/b17-13+. The molecule has 0 unspecified atom stereocenters. The Morgan fingerprint density at radius 2 is 1.68 bits per heavy atom. The highest BCUT2D eigenvalue weighted by molar-refractivity contribution is 6.21. The number of hydrogen-bond acceptors (Lipinski definition) is 4. The van der Waals surface area contributed by atoms with Gasteiger partial charge in [-0.05, 0) is 36.8 Å². The summed E-state index contributed by atoms with van der Waals surface area (Å²) in [4.78, 5) is 24.8. The zero-order chi connectivity index (χ0) is 18.2. The minimum absolute atomic E-state index is 0.0595. The number of allylic oxidation sites excluding steroid dienone is 1. The fourth-order valence-corrected chi connectivity index (χ4v) is 2.06. The molecule has 2 N–H and O–H groups in total. The molecule has 130 valence electrons. The van der Waals surface area contributed by atoms with Gasteiger partial charge in [0.15, 0.2) is 0 Å². The first-order chi connectivity index (χ1) is 12.0. The fourth-order valence-electron chi connectivity index (χ4n) is 2.06. The first-order valence-corrected chi connectivity index (χ1v) is 7.68. The van der Waals surface area contributed by atoms with Crippen LogP contribution in [-0.2, 0) is 20.9 Å². The van der Waals surface area contributed by atoms with E-state index in [-0.39, 0.29) is 12.2 Å². The first-order valence-electron chi connectivity index (χ1n) is 7.68. The van der Waals surface area contributed by atoms with E-state index >= 15 is 0 Å². The highest BCUT2D eigenvalue weighted by Gasteiger charge is 2.23. The molecule has 1 amide bonds. The average molecular weight is 342 g/mol. The van der Waals surface area contributed by atoms with Crippen molar-refractivity contribution in [2.75, 3.05) is 12.4 Å². The highest BCUT2D eigenvalue weighted by atomic mass is 19.1. The summed E-state index contributed by atoms with van der Waals surface area (Å²) in [6, 6.07) is 14.4. The smallest absolute Gasteiger partial charge is 0.345 e. The van der Waals surface area contributed by atoms with Gasteiger partial charge in [0.25, 0.3) is 5.91 Å². The first kappa shape index (κ1) is 18.2. The second-order valence-corrected chi connectivity index (χ2v) is 5.27. The summed E-state index contributed by atoms with van der Waals surface area (Å²) in [6.45, 7) is 1.66. The van der Waals surface area contributed by atoms with Gasteiger partial charge in [0.05, 0.1) is 0 Å². The Morgan fingerprint density at radius 1 is 1.04 bits per heavy atom. The van der Waals surface area contributed by atoms with Crippen molar-refractivity contribution in [1.29, 1.82) is 0 Å². The molecule has 0 aliphatic heterocycles. The molecule has 0 aliphatic carbocycles. The summed E-state index contributed by atoms with van der Waals surface area (Å²) in [5.74, 6) is -1.78. The number of anilines is 1. The molecule has 0 atom stereocenters. The summed E-state index contributed by atoms with van der Waals surface area (Å²) < 4.78 is 18.2. The SMILES string of the molecule is CN/C(C)=C(\C(=O)Nc1ccc(F)cc1)C(=O)OCc1ccccc1. The topological polar surface area (TPSA) is 67.4 Å². The molecular weight excluding hydrogens is 323 g/mol. The van der Waals surface area contributed by atoms with Crippen LogP contribution in [0.3, 0.4) is 0 Å². The molecule has 0 spiro atoms. The van der Waals surface area contributed by atoms with Crippen molar-refractivity contribution in [3.8, 4) is 0 Å². The summed E-state index contributed by atoms with van der Waals surface area (Å²) in [7, 11) is 1.60. The lowest BCUT2D eigenvalue weighted by molar-refractivity contribution is -0.141. The van der Waals surface area contributed by atoms with E-state index in [4.69, 9.17) is 4.74 Å². The quantitative estimate of drug-likeness (QED) is 0.366. The van der Waals surface area contributed by atoms with Gasteiger partial charge in [0.1, 0.15) is 18.0 Å². The third-order valence-corrected chi connectivity index (χ3v) is 3.50. The number of hydrogen-bond donors (Lipinski definition) is 2. The molecule has 5 nitrogen and oxygen atoms in total. The molecule has 25 heavy (non-hydrogen) atoms. The van der Waals surface area contributed by atoms with E-state index < -0.39 is 17.7 Å². The molecule has 0 bridgehead atoms. The number of amides is 1. The van der Waals surface area contributed by atoms with E-state index in [1.807, 2.05) is 30.3 Å². The van der Waals surface area contributed by atoms with Crippen molar-refractivity contribution in [2.24, 2.45) is 0 Å². The van der Waals surface area contributed by atoms with Gasteiger partial charge >= 0.3 is 5.97 Å². The van der Waals surface area contributed by atoms with E-state index in [2.05, 4.69) is 10.6 Å². The number of ether oxygens (including phenoxy) is 1. The van der Waals surface area contributed by atoms with Gasteiger partial charge < -0.3 is 15.4 Å². The Morgan fingerprint density at radius 3 is 2.28 bits per heavy atom. The van der Waals surface area contributed by atoms with Crippen LogP contribution in [0.25, 0.3) is 0 Å². The maximum atomic E-state index is 12.9. The molecule has 0 heterocycles. The van der Waals surface area contributed by atoms with Crippen molar-refractivity contribution < 1.29 is 18.7 Å². The minimum atomic E-state index is -0.740. The Balaban J connectivity index is 2.11. The van der Waals surface area contributed by atoms with Crippen LogP contribution in [0.15, 0.2) is 65.9 Å². The van der Waals surface area contributed by atoms with E-state index in [1.54, 1.807) is 14.0 Å². The Kier molecular flexibility index (Phi) is 6.28. The number of carbonyl (C=O) groups is 2. The van der Waals surface area contributed by atoms with Crippen molar-refractivity contribution >= 4 is 17.6 Å². The molecule has 6 heteroatoms. The third-order valence-electron chi connectivity index (χ3n) is 3.50. The van der Waals surface area contributed by atoms with Gasteiger partial charge in [0, 0.05) is 18.4 Å². The molecular formula is C19H19FN2O3. The molecule has 0 fully saturated rings. The zero-order valence-corrected chi connectivity index (χ0v) is 14.0. The monoisotopic (exact) mass is 342 g/mol. The van der Waals surface area contributed by atoms with E-state index in [1.165, 1.54) is 24.3 Å². The fraction of sp³-hybridized carbons (Fsp3) is 0.158. The summed E-state index contributed by atoms with van der Waals surface area (Å²) in [5.41, 5.74) is 1.43. The molecule has 2 aromatic rings.